The van der Waals surface area contributed by atoms with Crippen LogP contribution >= 0.6 is 0 Å². The van der Waals surface area contributed by atoms with E-state index < -0.39 is 6.09 Å². The van der Waals surface area contributed by atoms with Gasteiger partial charge in [-0.2, -0.15) is 0 Å². The minimum atomic E-state index is -1.01. The standard InChI is InChI=1S/C12H17N3O3/c1-18-11-4-2-10(3-5-11)14-6-8-15(9-7-14)13-12(16)17/h2-5,13H,6-9H2,1H3,(H,16,17). The maximum atomic E-state index is 10.5. The van der Waals surface area contributed by atoms with Gasteiger partial charge in [-0.05, 0) is 24.3 Å². The summed E-state index contributed by atoms with van der Waals surface area (Å²) in [6, 6.07) is 7.88. The van der Waals surface area contributed by atoms with Crippen LogP contribution in [-0.4, -0.2) is 49.5 Å². The number of amides is 1. The van der Waals surface area contributed by atoms with Crippen molar-refractivity contribution in [1.29, 1.82) is 0 Å². The van der Waals surface area contributed by atoms with Crippen molar-refractivity contribution in [3.8, 4) is 5.75 Å². The van der Waals surface area contributed by atoms with Gasteiger partial charge in [0.05, 0.1) is 7.11 Å². The average molecular weight is 251 g/mol. The minimum absolute atomic E-state index is 0.679. The van der Waals surface area contributed by atoms with Crippen molar-refractivity contribution in [2.24, 2.45) is 0 Å². The lowest BCUT2D eigenvalue weighted by Gasteiger charge is -2.35. The second-order valence-electron chi connectivity index (χ2n) is 4.09. The average Bonchev–Trinajstić information content (AvgIpc) is 2.39. The van der Waals surface area contributed by atoms with Crippen molar-refractivity contribution in [2.45, 2.75) is 0 Å². The molecule has 6 heteroatoms. The Hall–Kier alpha value is -1.95. The van der Waals surface area contributed by atoms with Crippen molar-refractivity contribution in [3.05, 3.63) is 24.3 Å². The lowest BCUT2D eigenvalue weighted by atomic mass is 10.2. The maximum absolute atomic E-state index is 10.5. The third kappa shape index (κ3) is 3.04. The molecule has 1 amide bonds. The molecule has 0 unspecified atom stereocenters. The number of anilines is 1. The molecule has 98 valence electrons. The summed E-state index contributed by atoms with van der Waals surface area (Å²) in [4.78, 5) is 12.7. The van der Waals surface area contributed by atoms with Crippen LogP contribution < -0.4 is 15.1 Å². The number of methoxy groups -OCH3 is 1. The van der Waals surface area contributed by atoms with Crippen LogP contribution in [0.25, 0.3) is 0 Å². The van der Waals surface area contributed by atoms with E-state index in [-0.39, 0.29) is 0 Å². The number of hydrazine groups is 1. The van der Waals surface area contributed by atoms with E-state index in [2.05, 4.69) is 10.3 Å². The molecule has 0 bridgehead atoms. The number of ether oxygens (including phenoxy) is 1. The van der Waals surface area contributed by atoms with Crippen molar-refractivity contribution in [2.75, 3.05) is 38.2 Å². The zero-order valence-corrected chi connectivity index (χ0v) is 10.3. The number of piperazine rings is 1. The van der Waals surface area contributed by atoms with Gasteiger partial charge in [0.2, 0.25) is 0 Å². The molecule has 0 aromatic heterocycles. The summed E-state index contributed by atoms with van der Waals surface area (Å²) < 4.78 is 5.12. The number of nitrogens with one attached hydrogen (secondary N) is 1. The summed E-state index contributed by atoms with van der Waals surface area (Å²) in [5.41, 5.74) is 3.51. The van der Waals surface area contributed by atoms with E-state index in [1.165, 1.54) is 0 Å². The van der Waals surface area contributed by atoms with Gasteiger partial charge in [-0.25, -0.2) is 9.80 Å². The fourth-order valence-electron chi connectivity index (χ4n) is 2.00. The van der Waals surface area contributed by atoms with Crippen molar-refractivity contribution < 1.29 is 14.6 Å². The molecule has 1 fully saturated rings. The molecule has 0 atom stereocenters. The highest BCUT2D eigenvalue weighted by molar-refractivity contribution is 5.63. The Kier molecular flexibility index (Phi) is 3.88. The first-order valence-electron chi connectivity index (χ1n) is 5.82. The molecule has 1 aliphatic rings. The molecule has 2 N–H and O–H groups in total. The maximum Gasteiger partial charge on any atom is 0.419 e. The normalized spacial score (nSPS) is 16.4. The Morgan fingerprint density at radius 3 is 2.33 bits per heavy atom. The molecule has 0 radical (unpaired) electrons. The van der Waals surface area contributed by atoms with E-state index in [0.29, 0.717) is 13.1 Å². The highest BCUT2D eigenvalue weighted by atomic mass is 16.5. The Balaban J connectivity index is 1.90. The summed E-state index contributed by atoms with van der Waals surface area (Å²) in [6.45, 7) is 2.95. The van der Waals surface area contributed by atoms with Gasteiger partial charge >= 0.3 is 6.09 Å². The number of hydrogen-bond acceptors (Lipinski definition) is 4. The van der Waals surface area contributed by atoms with E-state index in [1.807, 2.05) is 24.3 Å². The molecular weight excluding hydrogens is 234 g/mol. The molecule has 1 heterocycles. The molecule has 18 heavy (non-hydrogen) atoms. The SMILES string of the molecule is COc1ccc(N2CCN(NC(=O)O)CC2)cc1. The minimum Gasteiger partial charge on any atom is -0.497 e. The van der Waals surface area contributed by atoms with Crippen molar-refractivity contribution in [3.63, 3.8) is 0 Å². The molecular formula is C12H17N3O3. The van der Waals surface area contributed by atoms with Gasteiger partial charge < -0.3 is 14.7 Å². The molecule has 6 nitrogen and oxygen atoms in total. The van der Waals surface area contributed by atoms with Gasteiger partial charge in [0, 0.05) is 31.9 Å². The van der Waals surface area contributed by atoms with Gasteiger partial charge in [0.15, 0.2) is 0 Å². The third-order valence-corrected chi connectivity index (χ3v) is 2.97. The Bertz CT molecular complexity index is 400. The summed E-state index contributed by atoms with van der Waals surface area (Å²) in [5.74, 6) is 0.838. The quantitative estimate of drug-likeness (QED) is 0.839. The number of benzene rings is 1. The third-order valence-electron chi connectivity index (χ3n) is 2.97. The number of rotatable bonds is 3. The van der Waals surface area contributed by atoms with Crippen LogP contribution in [0.1, 0.15) is 0 Å². The van der Waals surface area contributed by atoms with E-state index >= 15 is 0 Å². The van der Waals surface area contributed by atoms with Crippen LogP contribution in [0, 0.1) is 0 Å². The smallest absolute Gasteiger partial charge is 0.419 e. The van der Waals surface area contributed by atoms with Crippen molar-refractivity contribution in [1.82, 2.24) is 10.4 Å². The highest BCUT2D eigenvalue weighted by Crippen LogP contribution is 2.20. The van der Waals surface area contributed by atoms with Crippen LogP contribution in [-0.2, 0) is 0 Å². The summed E-state index contributed by atoms with van der Waals surface area (Å²) in [7, 11) is 1.64. The predicted molar refractivity (Wildman–Crippen MR) is 67.9 cm³/mol. The monoisotopic (exact) mass is 251 g/mol. The number of nitrogens with zero attached hydrogens (tertiary/aromatic N) is 2. The lowest BCUT2D eigenvalue weighted by molar-refractivity contribution is 0.134. The fourth-order valence-corrected chi connectivity index (χ4v) is 2.00. The highest BCUT2D eigenvalue weighted by Gasteiger charge is 2.18. The first-order chi connectivity index (χ1) is 8.69. The van der Waals surface area contributed by atoms with Gasteiger partial charge in [0.1, 0.15) is 5.75 Å². The van der Waals surface area contributed by atoms with Crippen LogP contribution in [0.2, 0.25) is 0 Å². The molecule has 2 rings (SSSR count). The van der Waals surface area contributed by atoms with Gasteiger partial charge in [-0.1, -0.05) is 0 Å². The Labute approximate surface area is 106 Å². The van der Waals surface area contributed by atoms with Gasteiger partial charge in [-0.3, -0.25) is 5.43 Å². The molecule has 1 aliphatic heterocycles. The Morgan fingerprint density at radius 1 is 1.22 bits per heavy atom. The zero-order chi connectivity index (χ0) is 13.0. The number of hydrogen-bond donors (Lipinski definition) is 2. The topological polar surface area (TPSA) is 65.0 Å². The molecule has 1 saturated heterocycles. The lowest BCUT2D eigenvalue weighted by Crippen LogP contribution is -2.53. The molecule has 1 aromatic rings. The molecule has 0 saturated carbocycles. The van der Waals surface area contributed by atoms with Gasteiger partial charge in [-0.15, -0.1) is 0 Å². The number of carbonyl (C=O) groups is 1. The molecule has 1 aromatic carbocycles. The summed E-state index contributed by atoms with van der Waals surface area (Å²) in [6.07, 6.45) is -1.01. The molecule has 0 spiro atoms. The summed E-state index contributed by atoms with van der Waals surface area (Å²) >= 11 is 0. The molecule has 0 aliphatic carbocycles. The fraction of sp³-hybridized carbons (Fsp3) is 0.417. The van der Waals surface area contributed by atoms with Crippen LogP contribution in [0.3, 0.4) is 0 Å². The van der Waals surface area contributed by atoms with E-state index in [4.69, 9.17) is 9.84 Å². The first-order valence-corrected chi connectivity index (χ1v) is 5.82. The zero-order valence-electron chi connectivity index (χ0n) is 10.3. The largest absolute Gasteiger partial charge is 0.497 e. The Morgan fingerprint density at radius 2 is 1.83 bits per heavy atom. The second kappa shape index (κ2) is 5.59. The van der Waals surface area contributed by atoms with Crippen LogP contribution in [0.15, 0.2) is 24.3 Å². The second-order valence-corrected chi connectivity index (χ2v) is 4.09. The van der Waals surface area contributed by atoms with Gasteiger partial charge in [0.25, 0.3) is 0 Å². The van der Waals surface area contributed by atoms with E-state index in [1.54, 1.807) is 12.1 Å². The van der Waals surface area contributed by atoms with Crippen LogP contribution in [0.5, 0.6) is 5.75 Å². The van der Waals surface area contributed by atoms with Crippen LogP contribution in [0.4, 0.5) is 10.5 Å². The first kappa shape index (κ1) is 12.5. The predicted octanol–water partition coefficient (Wildman–Crippen LogP) is 1.000. The van der Waals surface area contributed by atoms with Crippen molar-refractivity contribution >= 4 is 11.8 Å². The van der Waals surface area contributed by atoms with E-state index in [9.17, 15) is 4.79 Å². The number of carboxylic acid groups (broad SMARTS) is 1. The van der Waals surface area contributed by atoms with E-state index in [0.717, 1.165) is 24.5 Å². The summed E-state index contributed by atoms with van der Waals surface area (Å²) in [5, 5.41) is 10.3.